The summed E-state index contributed by atoms with van der Waals surface area (Å²) < 4.78 is 65.8. The van der Waals surface area contributed by atoms with Crippen molar-refractivity contribution >= 4 is 0 Å². The van der Waals surface area contributed by atoms with Gasteiger partial charge in [-0.2, -0.15) is 0 Å². The molecule has 0 radical (unpaired) electrons. The fourth-order valence-corrected chi connectivity index (χ4v) is 3.36. The third-order valence-electron chi connectivity index (χ3n) is 4.85. The van der Waals surface area contributed by atoms with E-state index in [2.05, 4.69) is 11.7 Å². The van der Waals surface area contributed by atoms with E-state index in [1.54, 1.807) is 0 Å². The van der Waals surface area contributed by atoms with Crippen molar-refractivity contribution in [3.63, 3.8) is 0 Å². The van der Waals surface area contributed by atoms with E-state index < -0.39 is 17.9 Å². The summed E-state index contributed by atoms with van der Waals surface area (Å²) in [5.41, 5.74) is 2.26. The van der Waals surface area contributed by atoms with Crippen LogP contribution < -0.4 is 4.74 Å². The normalized spacial score (nSPS) is 19.9. The Morgan fingerprint density at radius 2 is 1.62 bits per heavy atom. The monoisotopic (exact) mass is 412 g/mol. The molecule has 1 aliphatic rings. The van der Waals surface area contributed by atoms with Crippen LogP contribution in [0.15, 0.2) is 42.5 Å². The van der Waals surface area contributed by atoms with Crippen molar-refractivity contribution in [1.82, 2.24) is 0 Å². The number of ether oxygens (including phenoxy) is 3. The Morgan fingerprint density at radius 1 is 0.966 bits per heavy atom. The molecule has 0 atom stereocenters. The fourth-order valence-electron chi connectivity index (χ4n) is 3.36. The Hall–Kier alpha value is -2.12. The van der Waals surface area contributed by atoms with Crippen LogP contribution in [0.25, 0.3) is 11.1 Å². The lowest BCUT2D eigenvalue weighted by Crippen LogP contribution is -2.32. The molecule has 0 aliphatic carbocycles. The van der Waals surface area contributed by atoms with E-state index in [0.717, 1.165) is 56.6 Å². The maximum absolute atomic E-state index is 13.9. The second kappa shape index (κ2) is 9.59. The highest BCUT2D eigenvalue weighted by molar-refractivity contribution is 5.64. The molecular weight excluding hydrogens is 388 g/mol. The highest BCUT2D eigenvalue weighted by Crippen LogP contribution is 2.30. The first kappa shape index (κ1) is 21.6. The lowest BCUT2D eigenvalue weighted by molar-refractivity contribution is -0.275. The quantitative estimate of drug-likeness (QED) is 0.514. The Bertz CT molecular complexity index is 782. The number of aryl methyl sites for hydroxylation is 1. The van der Waals surface area contributed by atoms with Crippen LogP contribution in [-0.2, 0) is 15.9 Å². The van der Waals surface area contributed by atoms with Gasteiger partial charge >= 0.3 is 6.36 Å². The van der Waals surface area contributed by atoms with Gasteiger partial charge in [-0.05, 0) is 41.7 Å². The molecule has 3 nitrogen and oxygen atoms in total. The first-order valence-corrected chi connectivity index (χ1v) is 9.72. The van der Waals surface area contributed by atoms with Crippen molar-refractivity contribution in [1.29, 1.82) is 0 Å². The van der Waals surface area contributed by atoms with Gasteiger partial charge in [-0.1, -0.05) is 43.7 Å². The third kappa shape index (κ3) is 6.44. The molecule has 0 bridgehead atoms. The fraction of sp³-hybridized carbons (Fsp3) is 0.455. The second-order valence-electron chi connectivity index (χ2n) is 7.18. The molecule has 0 saturated carbocycles. The van der Waals surface area contributed by atoms with E-state index in [1.165, 1.54) is 6.07 Å². The third-order valence-corrected chi connectivity index (χ3v) is 4.85. The average molecular weight is 412 g/mol. The number of alkyl halides is 3. The number of benzene rings is 2. The molecule has 1 fully saturated rings. The molecule has 158 valence electrons. The minimum Gasteiger partial charge on any atom is -0.403 e. The summed E-state index contributed by atoms with van der Waals surface area (Å²) in [6.07, 6.45) is -1.37. The van der Waals surface area contributed by atoms with Gasteiger partial charge in [-0.3, -0.25) is 0 Å². The zero-order valence-corrected chi connectivity index (χ0v) is 16.2. The van der Waals surface area contributed by atoms with Gasteiger partial charge in [0.05, 0.1) is 13.2 Å². The van der Waals surface area contributed by atoms with Gasteiger partial charge in [0.25, 0.3) is 0 Å². The molecule has 1 saturated heterocycles. The molecule has 0 N–H and O–H groups in total. The predicted octanol–water partition coefficient (Wildman–Crippen LogP) is 6.11. The molecule has 2 aromatic carbocycles. The summed E-state index contributed by atoms with van der Waals surface area (Å²) in [4.78, 5) is 0. The maximum Gasteiger partial charge on any atom is 0.573 e. The van der Waals surface area contributed by atoms with E-state index in [4.69, 9.17) is 9.47 Å². The van der Waals surface area contributed by atoms with Gasteiger partial charge in [0.2, 0.25) is 0 Å². The van der Waals surface area contributed by atoms with Crippen molar-refractivity contribution in [3.05, 3.63) is 53.8 Å². The lowest BCUT2D eigenvalue weighted by atomic mass is 10.0. The summed E-state index contributed by atoms with van der Waals surface area (Å²) in [5, 5.41) is 0. The van der Waals surface area contributed by atoms with Crippen LogP contribution >= 0.6 is 0 Å². The van der Waals surface area contributed by atoms with Crippen LogP contribution in [0, 0.1) is 11.7 Å². The van der Waals surface area contributed by atoms with Crippen LogP contribution in [0.4, 0.5) is 17.6 Å². The van der Waals surface area contributed by atoms with Gasteiger partial charge in [-0.25, -0.2) is 4.39 Å². The van der Waals surface area contributed by atoms with E-state index in [0.29, 0.717) is 17.0 Å². The van der Waals surface area contributed by atoms with E-state index in [9.17, 15) is 17.6 Å². The Kier molecular flexibility index (Phi) is 7.14. The molecule has 3 rings (SSSR count). The van der Waals surface area contributed by atoms with Crippen LogP contribution in [0.3, 0.4) is 0 Å². The minimum atomic E-state index is -4.92. The molecule has 0 spiro atoms. The van der Waals surface area contributed by atoms with Crippen molar-refractivity contribution in [2.75, 3.05) is 13.2 Å². The van der Waals surface area contributed by atoms with Crippen LogP contribution in [0.1, 0.15) is 31.7 Å². The predicted molar refractivity (Wildman–Crippen MR) is 101 cm³/mol. The summed E-state index contributed by atoms with van der Waals surface area (Å²) >= 11 is 0. The van der Waals surface area contributed by atoms with Gasteiger partial charge in [0.1, 0.15) is 0 Å². The highest BCUT2D eigenvalue weighted by atomic mass is 19.4. The highest BCUT2D eigenvalue weighted by Gasteiger charge is 2.32. The number of rotatable bonds is 7. The Balaban J connectivity index is 1.54. The standard InChI is InChI=1S/C22H24F4O3/c1-2-3-16-13-27-21(28-14-16)11-6-15-4-7-17(8-5-15)18-9-10-20(19(23)12-18)29-22(24,25)26/h4-5,7-10,12,16,21H,2-3,6,11,13-14H2,1H3. The summed E-state index contributed by atoms with van der Waals surface area (Å²) in [5.74, 6) is -1.42. The van der Waals surface area contributed by atoms with Crippen molar-refractivity contribution < 1.29 is 31.8 Å². The number of hydrogen-bond donors (Lipinski definition) is 0. The Labute approximate surface area is 167 Å². The molecule has 0 aromatic heterocycles. The Morgan fingerprint density at radius 3 is 2.21 bits per heavy atom. The molecule has 2 aromatic rings. The summed E-state index contributed by atoms with van der Waals surface area (Å²) in [7, 11) is 0. The SMILES string of the molecule is CCCC1COC(CCc2ccc(-c3ccc(OC(F)(F)F)c(F)c3)cc2)OC1. The number of halogens is 4. The van der Waals surface area contributed by atoms with Crippen molar-refractivity contribution in [2.24, 2.45) is 5.92 Å². The van der Waals surface area contributed by atoms with Crippen LogP contribution in [0.5, 0.6) is 5.75 Å². The number of hydrogen-bond acceptors (Lipinski definition) is 3. The average Bonchev–Trinajstić information content (AvgIpc) is 2.69. The topological polar surface area (TPSA) is 27.7 Å². The molecule has 1 heterocycles. The molecule has 0 unspecified atom stereocenters. The summed E-state index contributed by atoms with van der Waals surface area (Å²) in [6, 6.07) is 10.9. The van der Waals surface area contributed by atoms with Gasteiger partial charge in [0.15, 0.2) is 17.9 Å². The molecule has 1 aliphatic heterocycles. The van der Waals surface area contributed by atoms with Crippen LogP contribution in [0.2, 0.25) is 0 Å². The molecule has 0 amide bonds. The first-order chi connectivity index (χ1) is 13.8. The molecular formula is C22H24F4O3. The smallest absolute Gasteiger partial charge is 0.403 e. The zero-order valence-electron chi connectivity index (χ0n) is 16.2. The first-order valence-electron chi connectivity index (χ1n) is 9.72. The molecule has 7 heteroatoms. The van der Waals surface area contributed by atoms with Gasteiger partial charge < -0.3 is 14.2 Å². The van der Waals surface area contributed by atoms with Crippen molar-refractivity contribution in [2.45, 2.75) is 45.3 Å². The van der Waals surface area contributed by atoms with Crippen molar-refractivity contribution in [3.8, 4) is 16.9 Å². The van der Waals surface area contributed by atoms with Gasteiger partial charge in [0, 0.05) is 12.3 Å². The van der Waals surface area contributed by atoms with E-state index >= 15 is 0 Å². The zero-order chi connectivity index (χ0) is 20.9. The van der Waals surface area contributed by atoms with E-state index in [1.807, 2.05) is 24.3 Å². The minimum absolute atomic E-state index is 0.196. The summed E-state index contributed by atoms with van der Waals surface area (Å²) in [6.45, 7) is 3.61. The van der Waals surface area contributed by atoms with E-state index in [-0.39, 0.29) is 6.29 Å². The lowest BCUT2D eigenvalue weighted by Gasteiger charge is -2.29. The van der Waals surface area contributed by atoms with Gasteiger partial charge in [-0.15, -0.1) is 13.2 Å². The molecule has 29 heavy (non-hydrogen) atoms. The van der Waals surface area contributed by atoms with Crippen LogP contribution in [-0.4, -0.2) is 25.9 Å². The largest absolute Gasteiger partial charge is 0.573 e. The maximum atomic E-state index is 13.9. The second-order valence-corrected chi connectivity index (χ2v) is 7.18.